The summed E-state index contributed by atoms with van der Waals surface area (Å²) in [5.74, 6) is -13.1. The standard InChI is InChI=1S/C61H93N7O16/c1-17-36(10)49-47(83-60(79)35(8)9)31-48(70)84-52(34(6)7)51(71)37(11)53(72)62-42(28-32(2)3)57(76)68-27-19-21-44(68)59(78)66(15)46(30-40-22-24-41(81-16)25-23-40)61(80)82-39(13)50(55(74)63-49)64-54(73)45(29-33(4)5)65(14)58(77)43-20-18-26-67(43)56(75)38(12)69/h22-25,32-37,39,42-47,49-50,52H,17-21,26-31H2,1-16H3,(H,62,72)(H,63,74)(H,64,73)/t36-,37-,39+,42-,43-,44-,45+,46-,47+,49-,50-,52-/m0/s1. The Balaban J connectivity index is 1.97. The third-order valence-corrected chi connectivity index (χ3v) is 16.1. The number of fused-ring (bicyclic) bond motifs is 1. The molecule has 23 heteroatoms. The van der Waals surface area contributed by atoms with Crippen molar-refractivity contribution in [1.82, 2.24) is 35.6 Å². The largest absolute Gasteiger partial charge is 0.497 e. The van der Waals surface area contributed by atoms with Crippen LogP contribution in [0.2, 0.25) is 0 Å². The van der Waals surface area contributed by atoms with Crippen LogP contribution < -0.4 is 20.7 Å². The number of rotatable bonds is 17. The molecule has 0 radical (unpaired) electrons. The second kappa shape index (κ2) is 31.3. The van der Waals surface area contributed by atoms with E-state index >= 15 is 19.2 Å². The summed E-state index contributed by atoms with van der Waals surface area (Å²) < 4.78 is 23.5. The first kappa shape index (κ1) is 69.6. The van der Waals surface area contributed by atoms with Crippen LogP contribution in [0, 0.1) is 35.5 Å². The quantitative estimate of drug-likeness (QED) is 0.0867. The third-order valence-electron chi connectivity index (χ3n) is 16.1. The molecule has 84 heavy (non-hydrogen) atoms. The fourth-order valence-corrected chi connectivity index (χ4v) is 10.8. The molecule has 1 aromatic carbocycles. The van der Waals surface area contributed by atoms with Crippen LogP contribution in [0.1, 0.15) is 147 Å². The van der Waals surface area contributed by atoms with Crippen molar-refractivity contribution in [2.24, 2.45) is 35.5 Å². The van der Waals surface area contributed by atoms with E-state index in [0.29, 0.717) is 30.6 Å². The summed E-state index contributed by atoms with van der Waals surface area (Å²) in [6.07, 6.45) is -3.76. The van der Waals surface area contributed by atoms with Gasteiger partial charge >= 0.3 is 17.9 Å². The normalized spacial score (nSPS) is 26.3. The number of likely N-dealkylation sites (tertiary alicyclic amines) is 1. The van der Waals surface area contributed by atoms with Crippen molar-refractivity contribution in [3.8, 4) is 5.75 Å². The molecule has 4 rings (SSSR count). The predicted molar refractivity (Wildman–Crippen MR) is 308 cm³/mol. The Hall–Kier alpha value is -6.94. The lowest BCUT2D eigenvalue weighted by Gasteiger charge is -2.37. The number of carbonyl (C=O) groups is 12. The fourth-order valence-electron chi connectivity index (χ4n) is 10.8. The molecule has 0 aromatic heterocycles. The molecule has 468 valence electrons. The van der Waals surface area contributed by atoms with Gasteiger partial charge in [-0.1, -0.05) is 87.8 Å². The van der Waals surface area contributed by atoms with Crippen LogP contribution in [0.25, 0.3) is 0 Å². The first-order chi connectivity index (χ1) is 39.3. The molecule has 0 spiro atoms. The molecule has 0 saturated carbocycles. The third kappa shape index (κ3) is 18.0. The Morgan fingerprint density at radius 1 is 0.821 bits per heavy atom. The Morgan fingerprint density at radius 2 is 1.45 bits per heavy atom. The number of hydrogen-bond acceptors (Lipinski definition) is 16. The second-order valence-electron chi connectivity index (χ2n) is 24.4. The SMILES string of the molecule is CC[C@H](C)[C@@H]1NC(=O)[C@@H](NC(=O)[C@@H](CC(C)C)N(C)C(=O)[C@@H]2CCCN2C(=O)C(C)=O)[C@@H](C)OC(=O)[C@H](Cc2ccc(OC)cc2)N(C)C(=O)[C@@H]2CCCN2C(=O)[C@H](CC(C)C)NC(=O)[C@@H](C)C(=O)[C@H](C(C)C)OC(=O)C[C@H]1OC(=O)C(C)C. The van der Waals surface area contributed by atoms with Gasteiger partial charge in [0.25, 0.3) is 5.91 Å². The van der Waals surface area contributed by atoms with Gasteiger partial charge in [-0.05, 0) is 93.7 Å². The average molecular weight is 1180 g/mol. The molecule has 3 fully saturated rings. The monoisotopic (exact) mass is 1180 g/mol. The van der Waals surface area contributed by atoms with E-state index in [0.717, 1.165) is 6.92 Å². The van der Waals surface area contributed by atoms with Gasteiger partial charge in [0, 0.05) is 40.5 Å². The Bertz CT molecular complexity index is 2550. The van der Waals surface area contributed by atoms with Gasteiger partial charge in [-0.2, -0.15) is 0 Å². The average Bonchev–Trinajstić information content (AvgIpc) is 3.81. The van der Waals surface area contributed by atoms with E-state index in [-0.39, 0.29) is 57.0 Å². The molecule has 3 N–H and O–H groups in total. The summed E-state index contributed by atoms with van der Waals surface area (Å²) in [7, 11) is 4.25. The lowest BCUT2D eigenvalue weighted by atomic mass is 9.91. The lowest BCUT2D eigenvalue weighted by Crippen LogP contribution is -2.62. The number of Topliss-reactive ketones (excluding diaryl/α,β-unsaturated/α-hetero) is 2. The van der Waals surface area contributed by atoms with Crippen molar-refractivity contribution in [3.05, 3.63) is 29.8 Å². The van der Waals surface area contributed by atoms with Crippen molar-refractivity contribution in [1.29, 1.82) is 0 Å². The first-order valence-electron chi connectivity index (χ1n) is 29.7. The number of benzene rings is 1. The molecule has 1 aromatic rings. The number of cyclic esters (lactones) is 2. The van der Waals surface area contributed by atoms with Gasteiger partial charge in [0.05, 0.1) is 31.4 Å². The van der Waals surface area contributed by atoms with E-state index in [4.69, 9.17) is 18.9 Å². The van der Waals surface area contributed by atoms with Crippen molar-refractivity contribution in [2.75, 3.05) is 34.3 Å². The van der Waals surface area contributed by atoms with E-state index in [9.17, 15) is 38.4 Å². The molecular formula is C61H93N7O16. The number of ketones is 2. The van der Waals surface area contributed by atoms with Gasteiger partial charge in [-0.15, -0.1) is 0 Å². The molecule has 12 atom stereocenters. The van der Waals surface area contributed by atoms with Gasteiger partial charge < -0.3 is 54.5 Å². The zero-order valence-electron chi connectivity index (χ0n) is 52.1. The van der Waals surface area contributed by atoms with Crippen LogP contribution >= 0.6 is 0 Å². The molecule has 23 nitrogen and oxygen atoms in total. The van der Waals surface area contributed by atoms with E-state index in [1.807, 2.05) is 27.7 Å². The summed E-state index contributed by atoms with van der Waals surface area (Å²) in [4.78, 5) is 176. The summed E-state index contributed by atoms with van der Waals surface area (Å²) in [6.45, 7) is 21.2. The molecule has 3 heterocycles. The van der Waals surface area contributed by atoms with Gasteiger partial charge in [-0.3, -0.25) is 52.7 Å². The summed E-state index contributed by atoms with van der Waals surface area (Å²) in [6, 6.07) is -2.49. The number of likely N-dealkylation sites (N-methyl/N-ethyl adjacent to an activating group) is 2. The van der Waals surface area contributed by atoms with Crippen LogP contribution in [-0.4, -0.2) is 185 Å². The minimum atomic E-state index is -1.82. The van der Waals surface area contributed by atoms with Crippen molar-refractivity contribution in [3.63, 3.8) is 0 Å². The number of nitrogens with zero attached hydrogens (tertiary/aromatic N) is 4. The zero-order valence-corrected chi connectivity index (χ0v) is 52.1. The zero-order chi connectivity index (χ0) is 63.2. The molecule has 3 saturated heterocycles. The Morgan fingerprint density at radius 3 is 2.01 bits per heavy atom. The highest BCUT2D eigenvalue weighted by Gasteiger charge is 2.46. The van der Waals surface area contributed by atoms with Crippen molar-refractivity contribution < 1.29 is 76.5 Å². The van der Waals surface area contributed by atoms with Gasteiger partial charge in [-0.25, -0.2) is 4.79 Å². The smallest absolute Gasteiger partial charge is 0.329 e. The topological polar surface area (TPSA) is 291 Å². The number of esters is 3. The van der Waals surface area contributed by atoms with Gasteiger partial charge in [0.2, 0.25) is 41.2 Å². The van der Waals surface area contributed by atoms with Crippen LogP contribution in [-0.2, 0) is 78.2 Å². The van der Waals surface area contributed by atoms with Crippen LogP contribution in [0.5, 0.6) is 5.75 Å². The molecule has 0 unspecified atom stereocenters. The lowest BCUT2D eigenvalue weighted by molar-refractivity contribution is -0.168. The second-order valence-corrected chi connectivity index (χ2v) is 24.4. The molecule has 7 amide bonds. The number of amides is 7. The maximum atomic E-state index is 15.4. The number of carbonyl (C=O) groups excluding carboxylic acids is 12. The maximum absolute atomic E-state index is 15.4. The van der Waals surface area contributed by atoms with E-state index in [1.54, 1.807) is 65.8 Å². The highest BCUT2D eigenvalue weighted by atomic mass is 16.6. The van der Waals surface area contributed by atoms with Crippen LogP contribution in [0.3, 0.4) is 0 Å². The minimum Gasteiger partial charge on any atom is -0.497 e. The number of ether oxygens (including phenoxy) is 4. The molecule has 3 aliphatic heterocycles. The van der Waals surface area contributed by atoms with Crippen molar-refractivity contribution >= 4 is 70.8 Å². The van der Waals surface area contributed by atoms with Gasteiger partial charge in [0.15, 0.2) is 11.9 Å². The Kier molecular flexibility index (Phi) is 25.9. The molecule has 0 bridgehead atoms. The maximum Gasteiger partial charge on any atom is 0.329 e. The number of methoxy groups -OCH3 is 1. The number of hydrogen-bond donors (Lipinski definition) is 3. The molecular weight excluding hydrogens is 1090 g/mol. The van der Waals surface area contributed by atoms with Crippen LogP contribution in [0.4, 0.5) is 0 Å². The summed E-state index contributed by atoms with van der Waals surface area (Å²) in [5, 5.41) is 8.40. The predicted octanol–water partition coefficient (Wildman–Crippen LogP) is 3.73. The highest BCUT2D eigenvalue weighted by Crippen LogP contribution is 2.28. The molecule has 0 aliphatic carbocycles. The summed E-state index contributed by atoms with van der Waals surface area (Å²) in [5.41, 5.74) is 0.555. The first-order valence-corrected chi connectivity index (χ1v) is 29.7. The van der Waals surface area contributed by atoms with E-state index in [2.05, 4.69) is 16.0 Å². The Labute approximate surface area is 495 Å². The number of nitrogens with one attached hydrogen (secondary N) is 3. The summed E-state index contributed by atoms with van der Waals surface area (Å²) >= 11 is 0. The fraction of sp³-hybridized carbons (Fsp3) is 0.705. The van der Waals surface area contributed by atoms with E-state index < -0.39 is 162 Å². The highest BCUT2D eigenvalue weighted by molar-refractivity contribution is 6.35. The van der Waals surface area contributed by atoms with E-state index in [1.165, 1.54) is 54.7 Å². The van der Waals surface area contributed by atoms with Gasteiger partial charge in [0.1, 0.15) is 54.2 Å². The molecule has 3 aliphatic rings. The van der Waals surface area contributed by atoms with Crippen molar-refractivity contribution in [2.45, 2.75) is 208 Å². The minimum absolute atomic E-state index is 0.0351. The van der Waals surface area contributed by atoms with Crippen LogP contribution in [0.15, 0.2) is 24.3 Å².